The van der Waals surface area contributed by atoms with Crippen LogP contribution in [0.15, 0.2) is 58.4 Å². The van der Waals surface area contributed by atoms with Crippen molar-refractivity contribution in [2.75, 3.05) is 0 Å². The molecule has 6 heteroatoms. The average molecular weight is 318 g/mol. The van der Waals surface area contributed by atoms with Crippen molar-refractivity contribution >= 4 is 28.2 Å². The van der Waals surface area contributed by atoms with E-state index >= 15 is 0 Å². The zero-order valence-electron chi connectivity index (χ0n) is 12.9. The second-order valence-electron chi connectivity index (χ2n) is 5.47. The van der Waals surface area contributed by atoms with Crippen molar-refractivity contribution in [3.8, 4) is 5.75 Å². The van der Waals surface area contributed by atoms with Gasteiger partial charge < -0.3 is 10.1 Å². The van der Waals surface area contributed by atoms with Crippen molar-refractivity contribution in [3.05, 3.63) is 70.3 Å². The molecule has 2 heterocycles. The molecule has 0 atom stereocenters. The number of nitrogens with one attached hydrogen (secondary N) is 1. The lowest BCUT2D eigenvalue weighted by atomic mass is 10.2. The summed E-state index contributed by atoms with van der Waals surface area (Å²) in [5.74, 6) is 0.579. The first kappa shape index (κ1) is 14.2. The lowest BCUT2D eigenvalue weighted by Gasteiger charge is -2.03. The maximum Gasteiger partial charge on any atom is 0.298 e. The molecule has 6 nitrogen and oxygen atoms in total. The number of aromatic hydroxyl groups is 1. The SMILES string of the molecule is Cc1nc2c([nH]c3ccccc32)c(=O)n1/N=C/c1ccccc1O. The molecular formula is C18H14N4O2. The number of rotatable bonds is 2. The van der Waals surface area contributed by atoms with Gasteiger partial charge in [0.2, 0.25) is 0 Å². The Kier molecular flexibility index (Phi) is 3.16. The number of H-pyrrole nitrogens is 1. The summed E-state index contributed by atoms with van der Waals surface area (Å²) in [5, 5.41) is 14.9. The van der Waals surface area contributed by atoms with Crippen molar-refractivity contribution in [2.24, 2.45) is 5.10 Å². The third-order valence-corrected chi connectivity index (χ3v) is 3.91. The van der Waals surface area contributed by atoms with Crippen molar-refractivity contribution in [2.45, 2.75) is 6.92 Å². The molecule has 2 aromatic carbocycles. The van der Waals surface area contributed by atoms with Gasteiger partial charge in [-0.15, -0.1) is 0 Å². The summed E-state index contributed by atoms with van der Waals surface area (Å²) in [5.41, 5.74) is 2.16. The molecule has 0 saturated carbocycles. The van der Waals surface area contributed by atoms with E-state index in [4.69, 9.17) is 0 Å². The summed E-state index contributed by atoms with van der Waals surface area (Å²) in [6.07, 6.45) is 1.44. The monoisotopic (exact) mass is 318 g/mol. The Balaban J connectivity index is 1.92. The molecule has 0 radical (unpaired) electrons. The zero-order chi connectivity index (χ0) is 16.7. The Bertz CT molecular complexity index is 1150. The van der Waals surface area contributed by atoms with Crippen LogP contribution in [0.3, 0.4) is 0 Å². The van der Waals surface area contributed by atoms with Gasteiger partial charge >= 0.3 is 0 Å². The topological polar surface area (TPSA) is 83.3 Å². The summed E-state index contributed by atoms with van der Waals surface area (Å²) in [4.78, 5) is 20.4. The molecule has 0 unspecified atom stereocenters. The van der Waals surface area contributed by atoms with Crippen LogP contribution in [0.2, 0.25) is 0 Å². The lowest BCUT2D eigenvalue weighted by Crippen LogP contribution is -2.20. The first-order valence-electron chi connectivity index (χ1n) is 7.47. The van der Waals surface area contributed by atoms with Crippen molar-refractivity contribution < 1.29 is 5.11 Å². The fourth-order valence-electron chi connectivity index (χ4n) is 2.71. The Labute approximate surface area is 136 Å². The smallest absolute Gasteiger partial charge is 0.298 e. The van der Waals surface area contributed by atoms with Gasteiger partial charge in [-0.2, -0.15) is 9.78 Å². The molecule has 4 aromatic rings. The Morgan fingerprint density at radius 1 is 1.17 bits per heavy atom. The quantitative estimate of drug-likeness (QED) is 0.557. The van der Waals surface area contributed by atoms with E-state index in [1.165, 1.54) is 10.9 Å². The van der Waals surface area contributed by atoms with Crippen LogP contribution < -0.4 is 5.56 Å². The molecule has 4 rings (SSSR count). The van der Waals surface area contributed by atoms with E-state index in [1.54, 1.807) is 31.2 Å². The van der Waals surface area contributed by atoms with Crippen LogP contribution in [0.25, 0.3) is 21.9 Å². The number of para-hydroxylation sites is 2. The highest BCUT2D eigenvalue weighted by Gasteiger charge is 2.12. The van der Waals surface area contributed by atoms with Crippen LogP contribution in [0.4, 0.5) is 0 Å². The second kappa shape index (κ2) is 5.34. The fourth-order valence-corrected chi connectivity index (χ4v) is 2.71. The minimum Gasteiger partial charge on any atom is -0.507 e. The van der Waals surface area contributed by atoms with E-state index in [2.05, 4.69) is 15.1 Å². The molecule has 0 aliphatic heterocycles. The van der Waals surface area contributed by atoms with E-state index < -0.39 is 0 Å². The van der Waals surface area contributed by atoms with E-state index in [-0.39, 0.29) is 11.3 Å². The summed E-state index contributed by atoms with van der Waals surface area (Å²) in [6.45, 7) is 1.73. The molecule has 2 aromatic heterocycles. The molecule has 2 N–H and O–H groups in total. The van der Waals surface area contributed by atoms with Gasteiger partial charge in [0, 0.05) is 16.5 Å². The number of aryl methyl sites for hydroxylation is 1. The summed E-state index contributed by atoms with van der Waals surface area (Å²) >= 11 is 0. The van der Waals surface area contributed by atoms with Crippen LogP contribution in [0.5, 0.6) is 5.75 Å². The molecule has 0 spiro atoms. The number of nitrogens with zero attached hydrogens (tertiary/aromatic N) is 3. The van der Waals surface area contributed by atoms with E-state index in [0.29, 0.717) is 22.4 Å². The van der Waals surface area contributed by atoms with E-state index in [1.807, 2.05) is 24.3 Å². The van der Waals surface area contributed by atoms with Gasteiger partial charge in [0.25, 0.3) is 5.56 Å². The summed E-state index contributed by atoms with van der Waals surface area (Å²) < 4.78 is 1.23. The zero-order valence-corrected chi connectivity index (χ0v) is 12.9. The number of phenols is 1. The van der Waals surface area contributed by atoms with Gasteiger partial charge in [-0.3, -0.25) is 4.79 Å². The van der Waals surface area contributed by atoms with Crippen LogP contribution in [0, 0.1) is 6.92 Å². The molecule has 0 amide bonds. The largest absolute Gasteiger partial charge is 0.507 e. The van der Waals surface area contributed by atoms with Crippen LogP contribution in [-0.2, 0) is 0 Å². The van der Waals surface area contributed by atoms with Crippen molar-refractivity contribution in [1.29, 1.82) is 0 Å². The summed E-state index contributed by atoms with van der Waals surface area (Å²) in [7, 11) is 0. The Hall–Kier alpha value is -3.41. The number of hydrogen-bond acceptors (Lipinski definition) is 4. The highest BCUT2D eigenvalue weighted by atomic mass is 16.3. The minimum atomic E-state index is -0.277. The predicted octanol–water partition coefficient (Wildman–Crippen LogP) is 2.77. The first-order valence-corrected chi connectivity index (χ1v) is 7.47. The highest BCUT2D eigenvalue weighted by molar-refractivity contribution is 6.04. The summed E-state index contributed by atoms with van der Waals surface area (Å²) in [6, 6.07) is 14.4. The number of benzene rings is 2. The van der Waals surface area contributed by atoms with Gasteiger partial charge in [0.1, 0.15) is 22.6 Å². The molecule has 0 fully saturated rings. The maximum atomic E-state index is 12.7. The van der Waals surface area contributed by atoms with Crippen LogP contribution in [-0.4, -0.2) is 26.0 Å². The molecule has 118 valence electrons. The highest BCUT2D eigenvalue weighted by Crippen LogP contribution is 2.21. The van der Waals surface area contributed by atoms with Gasteiger partial charge in [-0.05, 0) is 25.1 Å². The maximum absolute atomic E-state index is 12.7. The standard InChI is InChI=1S/C18H14N4O2/c1-11-20-16-13-7-3-4-8-14(13)21-17(16)18(24)22(11)19-10-12-6-2-5-9-15(12)23/h2-10,21,23H,1H3/b19-10+. The molecular weight excluding hydrogens is 304 g/mol. The molecule has 0 bridgehead atoms. The number of fused-ring (bicyclic) bond motifs is 3. The molecule has 0 aliphatic rings. The van der Waals surface area contributed by atoms with E-state index in [9.17, 15) is 9.90 Å². The van der Waals surface area contributed by atoms with Crippen LogP contribution in [0.1, 0.15) is 11.4 Å². The first-order chi connectivity index (χ1) is 11.6. The average Bonchev–Trinajstić information content (AvgIpc) is 2.95. The third-order valence-electron chi connectivity index (χ3n) is 3.91. The van der Waals surface area contributed by atoms with Crippen molar-refractivity contribution in [1.82, 2.24) is 14.6 Å². The fraction of sp³-hybridized carbons (Fsp3) is 0.0556. The molecule has 0 aliphatic carbocycles. The number of hydrogen-bond donors (Lipinski definition) is 2. The Morgan fingerprint density at radius 3 is 2.75 bits per heavy atom. The second-order valence-corrected chi connectivity index (χ2v) is 5.47. The van der Waals surface area contributed by atoms with Gasteiger partial charge in [0.15, 0.2) is 0 Å². The van der Waals surface area contributed by atoms with Crippen molar-refractivity contribution in [3.63, 3.8) is 0 Å². The van der Waals surface area contributed by atoms with Gasteiger partial charge in [-0.1, -0.05) is 30.3 Å². The van der Waals surface area contributed by atoms with Gasteiger partial charge in [0.05, 0.1) is 6.21 Å². The minimum absolute atomic E-state index is 0.103. The molecule has 0 saturated heterocycles. The number of phenolic OH excluding ortho intramolecular Hbond substituents is 1. The van der Waals surface area contributed by atoms with Crippen LogP contribution >= 0.6 is 0 Å². The Morgan fingerprint density at radius 2 is 1.92 bits per heavy atom. The third kappa shape index (κ3) is 2.16. The lowest BCUT2D eigenvalue weighted by molar-refractivity contribution is 0.474. The predicted molar refractivity (Wildman–Crippen MR) is 93.7 cm³/mol. The number of aromatic amines is 1. The normalized spacial score (nSPS) is 11.7. The molecule has 24 heavy (non-hydrogen) atoms. The van der Waals surface area contributed by atoms with E-state index in [0.717, 1.165) is 10.9 Å². The number of aromatic nitrogens is 3. The van der Waals surface area contributed by atoms with Gasteiger partial charge in [-0.25, -0.2) is 4.98 Å².